The number of hydrogen-bond donors (Lipinski definition) is 2. The first kappa shape index (κ1) is 7.50. The van der Waals surface area contributed by atoms with Gasteiger partial charge in [-0.15, -0.1) is 0 Å². The van der Waals surface area contributed by atoms with Crippen molar-refractivity contribution >= 4 is 5.97 Å². The first-order valence-electron chi connectivity index (χ1n) is 3.08. The molecule has 0 spiro atoms. The van der Waals surface area contributed by atoms with Crippen LogP contribution in [0.1, 0.15) is 13.8 Å². The zero-order valence-corrected chi connectivity index (χ0v) is 5.87. The highest BCUT2D eigenvalue weighted by Gasteiger charge is 2.50. The van der Waals surface area contributed by atoms with Gasteiger partial charge in [0.1, 0.15) is 12.2 Å². The van der Waals surface area contributed by atoms with Gasteiger partial charge in [0, 0.05) is 0 Å². The largest absolute Gasteiger partial charge is 0.458 e. The number of carbonyl (C=O) groups is 1. The van der Waals surface area contributed by atoms with Gasteiger partial charge >= 0.3 is 5.97 Å². The second-order valence-electron chi connectivity index (χ2n) is 2.70. The fourth-order valence-corrected chi connectivity index (χ4v) is 0.930. The number of cyclic esters (lactones) is 1. The van der Waals surface area contributed by atoms with Gasteiger partial charge in [-0.25, -0.2) is 4.79 Å². The first-order chi connectivity index (χ1) is 4.46. The van der Waals surface area contributed by atoms with Crippen molar-refractivity contribution in [3.8, 4) is 0 Å². The fourth-order valence-electron chi connectivity index (χ4n) is 0.930. The van der Waals surface area contributed by atoms with E-state index in [9.17, 15) is 9.90 Å². The summed E-state index contributed by atoms with van der Waals surface area (Å²) in [5, 5.41) is 18.3. The smallest absolute Gasteiger partial charge is 0.341 e. The van der Waals surface area contributed by atoms with E-state index in [0.717, 1.165) is 0 Å². The summed E-state index contributed by atoms with van der Waals surface area (Å²) in [4.78, 5) is 10.7. The molecule has 0 bridgehead atoms. The van der Waals surface area contributed by atoms with Crippen LogP contribution in [-0.4, -0.2) is 34.0 Å². The van der Waals surface area contributed by atoms with Crippen molar-refractivity contribution in [1.29, 1.82) is 0 Å². The molecule has 0 aromatic carbocycles. The van der Waals surface area contributed by atoms with Gasteiger partial charge < -0.3 is 14.9 Å². The van der Waals surface area contributed by atoms with Crippen LogP contribution in [0.3, 0.4) is 0 Å². The van der Waals surface area contributed by atoms with Crippen LogP contribution in [0, 0.1) is 0 Å². The summed E-state index contributed by atoms with van der Waals surface area (Å²) in [5.41, 5.74) is -1.72. The summed E-state index contributed by atoms with van der Waals surface area (Å²) >= 11 is 0. The Morgan fingerprint density at radius 3 is 2.30 bits per heavy atom. The standard InChI is InChI=1S/C6H10O4/c1-3-4(7)6(2,9)5(8)10-3/h3-4,7,9H,1-2H3. The van der Waals surface area contributed by atoms with Crippen LogP contribution in [0.2, 0.25) is 0 Å². The lowest BCUT2D eigenvalue weighted by molar-refractivity contribution is -0.154. The third kappa shape index (κ3) is 0.803. The molecule has 1 aliphatic rings. The molecule has 2 N–H and O–H groups in total. The van der Waals surface area contributed by atoms with Crippen LogP contribution in [-0.2, 0) is 9.53 Å². The Kier molecular flexibility index (Phi) is 1.45. The van der Waals surface area contributed by atoms with Crippen molar-refractivity contribution < 1.29 is 19.7 Å². The molecule has 1 fully saturated rings. The van der Waals surface area contributed by atoms with Gasteiger partial charge in [0.25, 0.3) is 0 Å². The highest BCUT2D eigenvalue weighted by atomic mass is 16.6. The van der Waals surface area contributed by atoms with Gasteiger partial charge in [-0.3, -0.25) is 0 Å². The molecule has 0 aromatic rings. The molecule has 3 unspecified atom stereocenters. The molecule has 1 rings (SSSR count). The zero-order valence-electron chi connectivity index (χ0n) is 5.87. The minimum absolute atomic E-state index is 0.609. The Balaban J connectivity index is 2.85. The molecule has 0 amide bonds. The van der Waals surface area contributed by atoms with Crippen molar-refractivity contribution in [2.45, 2.75) is 31.7 Å². The number of rotatable bonds is 0. The van der Waals surface area contributed by atoms with Crippen molar-refractivity contribution in [3.63, 3.8) is 0 Å². The Morgan fingerprint density at radius 1 is 1.70 bits per heavy atom. The minimum atomic E-state index is -1.72. The second-order valence-corrected chi connectivity index (χ2v) is 2.70. The average Bonchev–Trinajstić information content (AvgIpc) is 1.97. The van der Waals surface area contributed by atoms with Crippen LogP contribution in [0.15, 0.2) is 0 Å². The third-order valence-corrected chi connectivity index (χ3v) is 1.73. The lowest BCUT2D eigenvalue weighted by Gasteiger charge is -2.15. The summed E-state index contributed by atoms with van der Waals surface area (Å²) in [7, 11) is 0. The molecular formula is C6H10O4. The molecule has 10 heavy (non-hydrogen) atoms. The van der Waals surface area contributed by atoms with Crippen molar-refractivity contribution in [3.05, 3.63) is 0 Å². The van der Waals surface area contributed by atoms with E-state index in [2.05, 4.69) is 4.74 Å². The van der Waals surface area contributed by atoms with Gasteiger partial charge in [-0.2, -0.15) is 0 Å². The average molecular weight is 146 g/mol. The minimum Gasteiger partial charge on any atom is -0.458 e. The van der Waals surface area contributed by atoms with Crippen LogP contribution in [0.5, 0.6) is 0 Å². The number of ether oxygens (including phenoxy) is 1. The second kappa shape index (κ2) is 1.93. The van der Waals surface area contributed by atoms with Crippen LogP contribution in [0.4, 0.5) is 0 Å². The van der Waals surface area contributed by atoms with E-state index < -0.39 is 23.8 Å². The molecule has 3 atom stereocenters. The number of aliphatic hydroxyl groups excluding tert-OH is 1. The Hall–Kier alpha value is -0.610. The van der Waals surface area contributed by atoms with E-state index in [4.69, 9.17) is 5.11 Å². The summed E-state index contributed by atoms with van der Waals surface area (Å²) in [6.07, 6.45) is -1.72. The normalized spacial score (nSPS) is 47.4. The molecule has 0 aromatic heterocycles. The predicted molar refractivity (Wildman–Crippen MR) is 32.2 cm³/mol. The van der Waals surface area contributed by atoms with Gasteiger partial charge in [0.15, 0.2) is 5.60 Å². The predicted octanol–water partition coefficient (Wildman–Crippen LogP) is -0.956. The monoisotopic (exact) mass is 146 g/mol. The highest BCUT2D eigenvalue weighted by molar-refractivity contribution is 5.82. The van der Waals surface area contributed by atoms with Crippen molar-refractivity contribution in [1.82, 2.24) is 0 Å². The van der Waals surface area contributed by atoms with E-state index in [0.29, 0.717) is 0 Å². The molecule has 0 aliphatic carbocycles. The Labute approximate surface area is 58.4 Å². The molecule has 4 nitrogen and oxygen atoms in total. The van der Waals surface area contributed by atoms with E-state index in [1.807, 2.05) is 0 Å². The zero-order chi connectivity index (χ0) is 7.94. The summed E-state index contributed by atoms with van der Waals surface area (Å²) in [5.74, 6) is -0.757. The quantitative estimate of drug-likeness (QED) is 0.432. The molecule has 1 aliphatic heterocycles. The van der Waals surface area contributed by atoms with E-state index >= 15 is 0 Å². The summed E-state index contributed by atoms with van der Waals surface area (Å²) < 4.78 is 4.55. The van der Waals surface area contributed by atoms with E-state index in [-0.39, 0.29) is 0 Å². The SMILES string of the molecule is CC1OC(=O)C(C)(O)C1O. The fraction of sp³-hybridized carbons (Fsp3) is 0.833. The van der Waals surface area contributed by atoms with Crippen LogP contribution >= 0.6 is 0 Å². The first-order valence-corrected chi connectivity index (χ1v) is 3.08. The molecule has 4 heteroatoms. The summed E-state index contributed by atoms with van der Waals surface area (Å²) in [6.45, 7) is 2.77. The van der Waals surface area contributed by atoms with E-state index in [1.54, 1.807) is 0 Å². The van der Waals surface area contributed by atoms with Crippen LogP contribution in [0.25, 0.3) is 0 Å². The van der Waals surface area contributed by atoms with Gasteiger partial charge in [0.2, 0.25) is 0 Å². The lowest BCUT2D eigenvalue weighted by Crippen LogP contribution is -2.42. The summed E-state index contributed by atoms with van der Waals surface area (Å²) in [6, 6.07) is 0. The van der Waals surface area contributed by atoms with Gasteiger partial charge in [0.05, 0.1) is 0 Å². The highest BCUT2D eigenvalue weighted by Crippen LogP contribution is 2.24. The lowest BCUT2D eigenvalue weighted by atomic mass is 9.99. The molecule has 58 valence electrons. The van der Waals surface area contributed by atoms with Crippen LogP contribution < -0.4 is 0 Å². The maximum atomic E-state index is 10.7. The van der Waals surface area contributed by atoms with E-state index in [1.165, 1.54) is 13.8 Å². The topological polar surface area (TPSA) is 66.8 Å². The number of hydrogen-bond acceptors (Lipinski definition) is 4. The van der Waals surface area contributed by atoms with Crippen molar-refractivity contribution in [2.24, 2.45) is 0 Å². The molecule has 0 saturated carbocycles. The molecule has 1 saturated heterocycles. The third-order valence-electron chi connectivity index (χ3n) is 1.73. The van der Waals surface area contributed by atoms with Gasteiger partial charge in [-0.05, 0) is 13.8 Å². The maximum Gasteiger partial charge on any atom is 0.341 e. The number of carbonyl (C=O) groups excluding carboxylic acids is 1. The molecule has 1 heterocycles. The molecular weight excluding hydrogens is 136 g/mol. The number of aliphatic hydroxyl groups is 2. The van der Waals surface area contributed by atoms with Crippen molar-refractivity contribution in [2.75, 3.05) is 0 Å². The maximum absolute atomic E-state index is 10.7. The molecule has 0 radical (unpaired) electrons. The Bertz CT molecular complexity index is 163. The Morgan fingerprint density at radius 2 is 2.20 bits per heavy atom. The van der Waals surface area contributed by atoms with Gasteiger partial charge in [-0.1, -0.05) is 0 Å². The number of esters is 1.